The largest absolute Gasteiger partial charge is 0.490 e. The molecule has 1 aliphatic heterocycles. The zero-order valence-electron chi connectivity index (χ0n) is 23.3. The summed E-state index contributed by atoms with van der Waals surface area (Å²) < 4.78 is 31.7. The van der Waals surface area contributed by atoms with Crippen LogP contribution in [0.15, 0.2) is 36.8 Å². The van der Waals surface area contributed by atoms with Crippen molar-refractivity contribution < 1.29 is 42.6 Å². The van der Waals surface area contributed by atoms with E-state index in [1.807, 2.05) is 28.2 Å². The number of thioether (sulfide) groups is 1. The lowest BCUT2D eigenvalue weighted by molar-refractivity contribution is -0.192. The number of aromatic nitrogens is 2. The maximum absolute atomic E-state index is 13.0. The van der Waals surface area contributed by atoms with Gasteiger partial charge in [-0.3, -0.25) is 14.5 Å². The van der Waals surface area contributed by atoms with E-state index in [-0.39, 0.29) is 30.8 Å². The predicted molar refractivity (Wildman–Crippen MR) is 150 cm³/mol. The van der Waals surface area contributed by atoms with Crippen LogP contribution in [0.5, 0.6) is 0 Å². The number of hydrogen-bond donors (Lipinski definition) is 4. The van der Waals surface area contributed by atoms with Gasteiger partial charge < -0.3 is 25.4 Å². The van der Waals surface area contributed by atoms with E-state index >= 15 is 0 Å². The monoisotopic (exact) mass is 626 g/mol. The van der Waals surface area contributed by atoms with Crippen LogP contribution in [0.1, 0.15) is 36.1 Å². The summed E-state index contributed by atoms with van der Waals surface area (Å²) in [6.45, 7) is 1.57. The number of hydrogen-bond acceptors (Lipinski definition) is 8. The van der Waals surface area contributed by atoms with Gasteiger partial charge in [-0.25, -0.2) is 14.6 Å². The number of aliphatic carboxylic acids is 2. The number of nitrogens with zero attached hydrogens (tertiary/aromatic N) is 4. The van der Waals surface area contributed by atoms with Gasteiger partial charge in [-0.2, -0.15) is 30.2 Å². The standard InChI is InChI=1S/C25H32N6O4S.C2HF3O2/c1-36-10-8-22(25(34)35)29-23(32)16-30(14-19-6-4-18(12-26)5-7-19)15-21-3-2-9-31(21)24(33)11-20-13-27-17-28-20;3-2(4,5)1(6)7/h4-7,13,17,21-22H,2-3,8-11,14-16H2,1H3,(H,27,28)(H,29,32)(H,34,35);(H,6,7)/t21-,22-;/m0./s1. The second-order valence-electron chi connectivity index (χ2n) is 9.66. The first-order valence-corrected chi connectivity index (χ1v) is 14.5. The molecule has 0 bridgehead atoms. The van der Waals surface area contributed by atoms with Crippen molar-refractivity contribution in [2.45, 2.75) is 50.5 Å². The third-order valence-corrected chi connectivity index (χ3v) is 7.05. The molecule has 1 aromatic carbocycles. The highest BCUT2D eigenvalue weighted by Gasteiger charge is 2.38. The Balaban J connectivity index is 0.000000821. The minimum absolute atomic E-state index is 0.00211. The van der Waals surface area contributed by atoms with Gasteiger partial charge in [0.05, 0.1) is 30.9 Å². The van der Waals surface area contributed by atoms with Crippen LogP contribution in [0, 0.1) is 11.3 Å². The van der Waals surface area contributed by atoms with Crippen molar-refractivity contribution in [3.63, 3.8) is 0 Å². The molecule has 4 N–H and O–H groups in total. The van der Waals surface area contributed by atoms with E-state index < -0.39 is 24.2 Å². The summed E-state index contributed by atoms with van der Waals surface area (Å²) in [5.74, 6) is -3.55. The van der Waals surface area contributed by atoms with E-state index in [1.165, 1.54) is 11.8 Å². The van der Waals surface area contributed by atoms with Crippen LogP contribution < -0.4 is 5.32 Å². The predicted octanol–water partition coefficient (Wildman–Crippen LogP) is 2.27. The first-order valence-electron chi connectivity index (χ1n) is 13.1. The van der Waals surface area contributed by atoms with Crippen molar-refractivity contribution in [1.82, 2.24) is 25.1 Å². The van der Waals surface area contributed by atoms with Gasteiger partial charge in [0.2, 0.25) is 11.8 Å². The highest BCUT2D eigenvalue weighted by atomic mass is 32.2. The number of rotatable bonds is 13. The van der Waals surface area contributed by atoms with Crippen molar-refractivity contribution in [2.75, 3.05) is 31.6 Å². The summed E-state index contributed by atoms with van der Waals surface area (Å²) in [6, 6.07) is 8.24. The average Bonchev–Trinajstić information content (AvgIpc) is 3.63. The summed E-state index contributed by atoms with van der Waals surface area (Å²) in [5, 5.41) is 28.3. The lowest BCUT2D eigenvalue weighted by Crippen LogP contribution is -2.49. The molecule has 0 spiro atoms. The number of amides is 2. The molecule has 1 aliphatic rings. The Kier molecular flexibility index (Phi) is 14.0. The van der Waals surface area contributed by atoms with Crippen molar-refractivity contribution in [3.05, 3.63) is 53.6 Å². The Bertz CT molecular complexity index is 1250. The molecule has 1 saturated heterocycles. The van der Waals surface area contributed by atoms with Crippen molar-refractivity contribution >= 4 is 35.5 Å². The van der Waals surface area contributed by atoms with Crippen LogP contribution >= 0.6 is 11.8 Å². The minimum Gasteiger partial charge on any atom is -0.480 e. The zero-order valence-corrected chi connectivity index (χ0v) is 24.2. The van der Waals surface area contributed by atoms with Crippen molar-refractivity contribution in [1.29, 1.82) is 5.26 Å². The van der Waals surface area contributed by atoms with Crippen LogP contribution in [-0.4, -0.2) is 104 Å². The number of carboxylic acids is 2. The molecule has 3 rings (SSSR count). The molecule has 0 aliphatic carbocycles. The summed E-state index contributed by atoms with van der Waals surface area (Å²) in [6.07, 6.45) is 2.28. The highest BCUT2D eigenvalue weighted by Crippen LogP contribution is 2.21. The molecule has 2 heterocycles. The summed E-state index contributed by atoms with van der Waals surface area (Å²) in [5.41, 5.74) is 2.23. The zero-order chi connectivity index (χ0) is 32.0. The lowest BCUT2D eigenvalue weighted by Gasteiger charge is -2.31. The molecule has 0 radical (unpaired) electrons. The summed E-state index contributed by atoms with van der Waals surface area (Å²) in [4.78, 5) is 57.1. The molecule has 2 atom stereocenters. The Morgan fingerprint density at radius 2 is 1.93 bits per heavy atom. The molecule has 2 amide bonds. The topological polar surface area (TPSA) is 180 Å². The maximum Gasteiger partial charge on any atom is 0.490 e. The first kappa shape index (κ1) is 35.1. The molecule has 16 heteroatoms. The van der Waals surface area contributed by atoms with E-state index in [2.05, 4.69) is 21.4 Å². The van der Waals surface area contributed by atoms with E-state index in [1.54, 1.807) is 24.7 Å². The molecule has 0 saturated carbocycles. The van der Waals surface area contributed by atoms with Crippen LogP contribution in [0.25, 0.3) is 0 Å². The second kappa shape index (κ2) is 17.1. The fraction of sp³-hybridized carbons (Fsp3) is 0.481. The molecule has 2 aromatic rings. The number of likely N-dealkylation sites (tertiary alicyclic amines) is 1. The van der Waals surface area contributed by atoms with Gasteiger partial charge in [-0.15, -0.1) is 0 Å². The van der Waals surface area contributed by atoms with Crippen LogP contribution in [0.2, 0.25) is 0 Å². The van der Waals surface area contributed by atoms with Crippen molar-refractivity contribution in [2.24, 2.45) is 0 Å². The van der Waals surface area contributed by atoms with Gasteiger partial charge in [0, 0.05) is 37.6 Å². The minimum atomic E-state index is -5.08. The van der Waals surface area contributed by atoms with E-state index in [0.717, 1.165) is 24.1 Å². The fourth-order valence-electron chi connectivity index (χ4n) is 4.36. The Hall–Kier alpha value is -4.10. The summed E-state index contributed by atoms with van der Waals surface area (Å²) >= 11 is 1.53. The Morgan fingerprint density at radius 1 is 1.26 bits per heavy atom. The number of H-pyrrole nitrogens is 1. The van der Waals surface area contributed by atoms with Crippen LogP contribution in [0.3, 0.4) is 0 Å². The Labute approximate surface area is 250 Å². The molecule has 0 unspecified atom stereocenters. The van der Waals surface area contributed by atoms with Gasteiger partial charge in [0.15, 0.2) is 0 Å². The van der Waals surface area contributed by atoms with E-state index in [0.29, 0.717) is 37.4 Å². The number of carbonyl (C=O) groups excluding carboxylic acids is 2. The number of nitrogens with one attached hydrogen (secondary N) is 2. The first-order chi connectivity index (χ1) is 20.3. The quantitative estimate of drug-likeness (QED) is 0.258. The number of benzene rings is 1. The van der Waals surface area contributed by atoms with E-state index in [9.17, 15) is 32.7 Å². The molecular formula is C27H33F3N6O6S. The molecule has 43 heavy (non-hydrogen) atoms. The van der Waals surface area contributed by atoms with Gasteiger partial charge in [0.25, 0.3) is 0 Å². The highest BCUT2D eigenvalue weighted by molar-refractivity contribution is 7.98. The van der Waals surface area contributed by atoms with Gasteiger partial charge >= 0.3 is 18.1 Å². The fourth-order valence-corrected chi connectivity index (χ4v) is 4.83. The number of halogens is 3. The lowest BCUT2D eigenvalue weighted by atomic mass is 10.1. The maximum atomic E-state index is 13.0. The normalized spacial score (nSPS) is 15.3. The second-order valence-corrected chi connectivity index (χ2v) is 10.6. The molecule has 234 valence electrons. The summed E-state index contributed by atoms with van der Waals surface area (Å²) in [7, 11) is 0. The third-order valence-electron chi connectivity index (χ3n) is 6.41. The van der Waals surface area contributed by atoms with Crippen LogP contribution in [0.4, 0.5) is 13.2 Å². The third kappa shape index (κ3) is 12.3. The van der Waals surface area contributed by atoms with E-state index in [4.69, 9.17) is 15.2 Å². The van der Waals surface area contributed by atoms with Gasteiger partial charge in [-0.1, -0.05) is 12.1 Å². The van der Waals surface area contributed by atoms with Gasteiger partial charge in [0.1, 0.15) is 6.04 Å². The molecule has 12 nitrogen and oxygen atoms in total. The number of carbonyl (C=O) groups is 4. The average molecular weight is 627 g/mol. The SMILES string of the molecule is CSCC[C@H](NC(=O)CN(Cc1ccc(C#N)cc1)C[C@@H]1CCCN1C(=O)Cc1cnc[nH]1)C(=O)O.O=C(O)C(F)(F)F. The molecular weight excluding hydrogens is 593 g/mol. The Morgan fingerprint density at radius 3 is 2.47 bits per heavy atom. The number of alkyl halides is 3. The van der Waals surface area contributed by atoms with Crippen LogP contribution in [-0.2, 0) is 32.1 Å². The molecule has 1 aromatic heterocycles. The number of carboxylic acid groups (broad SMARTS) is 2. The van der Waals surface area contributed by atoms with Crippen molar-refractivity contribution in [3.8, 4) is 6.07 Å². The number of imidazole rings is 1. The molecule has 1 fully saturated rings. The smallest absolute Gasteiger partial charge is 0.480 e. The number of nitriles is 1. The van der Waals surface area contributed by atoms with Gasteiger partial charge in [-0.05, 0) is 49.0 Å². The number of aromatic amines is 1.